The molecule has 2 rings (SSSR count). The van der Waals surface area contributed by atoms with Gasteiger partial charge in [0.15, 0.2) is 0 Å². The zero-order valence-electron chi connectivity index (χ0n) is 19.2. The summed E-state index contributed by atoms with van der Waals surface area (Å²) in [5.41, 5.74) is 0.171. The molecule has 33 heavy (non-hydrogen) atoms. The number of aromatic nitrogens is 1. The van der Waals surface area contributed by atoms with Gasteiger partial charge in [-0.3, -0.25) is 9.89 Å². The van der Waals surface area contributed by atoms with Crippen molar-refractivity contribution in [2.75, 3.05) is 26.7 Å². The second kappa shape index (κ2) is 12.3. The molecule has 1 aromatic rings. The van der Waals surface area contributed by atoms with Crippen LogP contribution in [-0.4, -0.2) is 48.3 Å². The highest BCUT2D eigenvalue weighted by Crippen LogP contribution is 2.29. The summed E-state index contributed by atoms with van der Waals surface area (Å²) in [5.74, 6) is 0.389. The number of hydrogen-bond acceptors (Lipinski definition) is 6. The average Bonchev–Trinajstić information content (AvgIpc) is 2.79. The number of nitrogens with zero attached hydrogens (tertiary/aromatic N) is 3. The van der Waals surface area contributed by atoms with Crippen LogP contribution in [0.5, 0.6) is 5.75 Å². The third-order valence-electron chi connectivity index (χ3n) is 5.12. The van der Waals surface area contributed by atoms with Crippen molar-refractivity contribution < 1.29 is 27.4 Å². The van der Waals surface area contributed by atoms with Crippen molar-refractivity contribution in [2.24, 2.45) is 10.9 Å². The number of aliphatic imine (C=N–C) groups is 1. The van der Waals surface area contributed by atoms with Gasteiger partial charge in [-0.15, -0.1) is 0 Å². The number of esters is 1. The van der Waals surface area contributed by atoms with Crippen molar-refractivity contribution in [1.82, 2.24) is 9.88 Å². The van der Waals surface area contributed by atoms with Crippen molar-refractivity contribution >= 4 is 11.7 Å². The van der Waals surface area contributed by atoms with Crippen molar-refractivity contribution in [3.8, 4) is 5.75 Å². The van der Waals surface area contributed by atoms with Crippen LogP contribution >= 0.6 is 0 Å². The summed E-state index contributed by atoms with van der Waals surface area (Å²) in [4.78, 5) is 21.8. The molecule has 0 aromatic carbocycles. The topological polar surface area (TPSA) is 64.0 Å². The molecule has 2 heterocycles. The molecule has 180 valence electrons. The van der Waals surface area contributed by atoms with Crippen LogP contribution in [0.3, 0.4) is 0 Å². The first-order valence-electron chi connectivity index (χ1n) is 10.8. The number of hydrogen-bond donors (Lipinski definition) is 0. The SMILES string of the molecule is C=C(CN1CCC(C(=N\C=C/C)/C(=C/CC)Oc2ccc(C(F)(F)F)nc2)CC1)C(=O)OC. The minimum Gasteiger partial charge on any atom is -0.466 e. The molecular weight excluding hydrogens is 435 g/mol. The Labute approximate surface area is 192 Å². The number of allylic oxidation sites excluding steroid dienone is 3. The Bertz CT molecular complexity index is 898. The van der Waals surface area contributed by atoms with E-state index in [1.807, 2.05) is 19.9 Å². The Hall–Kier alpha value is -2.94. The molecule has 1 fully saturated rings. The summed E-state index contributed by atoms with van der Waals surface area (Å²) in [6.45, 7) is 9.48. The largest absolute Gasteiger partial charge is 0.466 e. The molecule has 1 aliphatic heterocycles. The van der Waals surface area contributed by atoms with Crippen LogP contribution in [0.4, 0.5) is 13.2 Å². The molecule has 0 N–H and O–H groups in total. The summed E-state index contributed by atoms with van der Waals surface area (Å²) in [6.07, 6.45) is 4.13. The first-order chi connectivity index (χ1) is 15.7. The Kier molecular flexibility index (Phi) is 9.84. The number of pyridine rings is 1. The molecule has 9 heteroatoms. The predicted molar refractivity (Wildman–Crippen MR) is 121 cm³/mol. The molecule has 1 aliphatic rings. The number of methoxy groups -OCH3 is 1. The fourth-order valence-electron chi connectivity index (χ4n) is 3.49. The van der Waals surface area contributed by atoms with E-state index in [2.05, 4.69) is 21.5 Å². The lowest BCUT2D eigenvalue weighted by molar-refractivity contribution is -0.141. The monoisotopic (exact) mass is 465 g/mol. The molecule has 0 unspecified atom stereocenters. The van der Waals surface area contributed by atoms with Crippen LogP contribution in [0.1, 0.15) is 38.8 Å². The molecule has 1 saturated heterocycles. The second-order valence-corrected chi connectivity index (χ2v) is 7.60. The molecule has 6 nitrogen and oxygen atoms in total. The standard InChI is InChI=1S/C24H30F3N3O3/c1-5-7-20(33-19-8-9-21(29-15-19)24(25,26)27)22(28-12-6-2)18-10-13-30(14-11-18)16-17(3)23(31)32-4/h6-9,12,15,18H,3,5,10-11,13-14,16H2,1-2,4H3/b12-6-,20-7-,28-22+. The van der Waals surface area contributed by atoms with Crippen LogP contribution in [0.25, 0.3) is 0 Å². The first-order valence-corrected chi connectivity index (χ1v) is 10.8. The van der Waals surface area contributed by atoms with Crippen molar-refractivity contribution in [3.63, 3.8) is 0 Å². The van der Waals surface area contributed by atoms with Gasteiger partial charge in [-0.05, 0) is 57.5 Å². The zero-order chi connectivity index (χ0) is 24.4. The zero-order valence-corrected chi connectivity index (χ0v) is 19.2. The highest BCUT2D eigenvalue weighted by Gasteiger charge is 2.32. The van der Waals surface area contributed by atoms with E-state index in [9.17, 15) is 18.0 Å². The minimum absolute atomic E-state index is 0.0871. The Morgan fingerprint density at radius 2 is 2.03 bits per heavy atom. The number of piperidine rings is 1. The third kappa shape index (κ3) is 7.85. The van der Waals surface area contributed by atoms with Gasteiger partial charge in [0.25, 0.3) is 0 Å². The highest BCUT2D eigenvalue weighted by atomic mass is 19.4. The average molecular weight is 466 g/mol. The maximum atomic E-state index is 12.8. The van der Waals surface area contributed by atoms with Gasteiger partial charge in [0.05, 0.1) is 19.0 Å². The number of carbonyl (C=O) groups is 1. The lowest BCUT2D eigenvalue weighted by atomic mass is 9.90. The minimum atomic E-state index is -4.51. The van der Waals surface area contributed by atoms with Gasteiger partial charge in [0.1, 0.15) is 17.2 Å². The van der Waals surface area contributed by atoms with Gasteiger partial charge in [0, 0.05) is 24.2 Å². The molecule has 0 radical (unpaired) electrons. The van der Waals surface area contributed by atoms with E-state index >= 15 is 0 Å². The predicted octanol–water partition coefficient (Wildman–Crippen LogP) is 5.19. The van der Waals surface area contributed by atoms with Crippen molar-refractivity contribution in [3.05, 3.63) is 60.3 Å². The summed E-state index contributed by atoms with van der Waals surface area (Å²) in [6, 6.07) is 2.15. The van der Waals surface area contributed by atoms with E-state index < -0.39 is 17.8 Å². The van der Waals surface area contributed by atoms with E-state index in [0.29, 0.717) is 24.3 Å². The number of rotatable bonds is 9. The van der Waals surface area contributed by atoms with Crippen LogP contribution in [0, 0.1) is 5.92 Å². The van der Waals surface area contributed by atoms with Gasteiger partial charge in [-0.1, -0.05) is 19.6 Å². The fourth-order valence-corrected chi connectivity index (χ4v) is 3.49. The van der Waals surface area contributed by atoms with Crippen molar-refractivity contribution in [1.29, 1.82) is 0 Å². The molecular formula is C24H30F3N3O3. The number of carbonyl (C=O) groups excluding carboxylic acids is 1. The van der Waals surface area contributed by atoms with Crippen LogP contribution < -0.4 is 4.74 Å². The van der Waals surface area contributed by atoms with E-state index in [-0.39, 0.29) is 11.7 Å². The highest BCUT2D eigenvalue weighted by molar-refractivity contribution is 6.01. The summed E-state index contributed by atoms with van der Waals surface area (Å²) >= 11 is 0. The van der Waals surface area contributed by atoms with Crippen LogP contribution in [0.15, 0.2) is 59.6 Å². The molecule has 0 aliphatic carbocycles. The molecule has 0 spiro atoms. The number of halogens is 3. The Morgan fingerprint density at radius 3 is 2.55 bits per heavy atom. The fraction of sp³-hybridized carbons (Fsp3) is 0.458. The quantitative estimate of drug-likeness (QED) is 0.217. The molecule has 1 aromatic heterocycles. The Morgan fingerprint density at radius 1 is 1.33 bits per heavy atom. The van der Waals surface area contributed by atoms with Gasteiger partial charge in [-0.2, -0.15) is 13.2 Å². The van der Waals surface area contributed by atoms with Gasteiger partial charge >= 0.3 is 12.1 Å². The second-order valence-electron chi connectivity index (χ2n) is 7.60. The van der Waals surface area contributed by atoms with E-state index in [1.165, 1.54) is 13.2 Å². The smallest absolute Gasteiger partial charge is 0.433 e. The maximum Gasteiger partial charge on any atom is 0.433 e. The summed E-state index contributed by atoms with van der Waals surface area (Å²) in [5, 5.41) is 0. The Balaban J connectivity index is 2.16. The lowest BCUT2D eigenvalue weighted by Gasteiger charge is -2.33. The lowest BCUT2D eigenvalue weighted by Crippen LogP contribution is -2.39. The normalized spacial score (nSPS) is 16.8. The first kappa shape index (κ1) is 26.3. The maximum absolute atomic E-state index is 12.8. The van der Waals surface area contributed by atoms with Crippen molar-refractivity contribution in [2.45, 2.75) is 39.3 Å². The van der Waals surface area contributed by atoms with Gasteiger partial charge in [-0.25, -0.2) is 9.78 Å². The van der Waals surface area contributed by atoms with E-state index in [4.69, 9.17) is 9.47 Å². The molecule has 0 amide bonds. The van der Waals surface area contributed by atoms with E-state index in [1.54, 1.807) is 12.3 Å². The number of ether oxygens (including phenoxy) is 2. The molecule has 0 saturated carbocycles. The van der Waals surface area contributed by atoms with Crippen LogP contribution in [0.2, 0.25) is 0 Å². The van der Waals surface area contributed by atoms with Gasteiger partial charge < -0.3 is 9.47 Å². The summed E-state index contributed by atoms with van der Waals surface area (Å²) in [7, 11) is 1.33. The van der Waals surface area contributed by atoms with E-state index in [0.717, 1.165) is 43.9 Å². The third-order valence-corrected chi connectivity index (χ3v) is 5.12. The molecule has 0 bridgehead atoms. The number of likely N-dealkylation sites (tertiary alicyclic amines) is 1. The van der Waals surface area contributed by atoms with Gasteiger partial charge in [0.2, 0.25) is 0 Å². The summed E-state index contributed by atoms with van der Waals surface area (Å²) < 4.78 is 49.1. The van der Waals surface area contributed by atoms with Crippen LogP contribution in [-0.2, 0) is 15.7 Å². The molecule has 0 atom stereocenters. The number of alkyl halides is 3.